The molecular weight excluding hydrogens is 316 g/mol. The third kappa shape index (κ3) is 2.83. The summed E-state index contributed by atoms with van der Waals surface area (Å²) in [4.78, 5) is 41.7. The van der Waals surface area contributed by atoms with Crippen molar-refractivity contribution in [3.8, 4) is 11.5 Å². The van der Waals surface area contributed by atoms with Crippen molar-refractivity contribution >= 4 is 5.97 Å². The van der Waals surface area contributed by atoms with E-state index in [1.807, 2.05) is 0 Å². The van der Waals surface area contributed by atoms with E-state index in [0.717, 1.165) is 17.8 Å². The van der Waals surface area contributed by atoms with E-state index in [1.54, 1.807) is 0 Å². The van der Waals surface area contributed by atoms with Crippen molar-refractivity contribution in [2.45, 2.75) is 44.9 Å². The molecule has 0 heterocycles. The fourth-order valence-corrected chi connectivity index (χ4v) is 5.36. The van der Waals surface area contributed by atoms with Gasteiger partial charge >= 0.3 is 5.97 Å². The smallest absolute Gasteiger partial charge is 0.303 e. The molecular formula is C17H20O7. The molecule has 0 radical (unpaired) electrons. The van der Waals surface area contributed by atoms with Crippen LogP contribution in [0.25, 0.3) is 0 Å². The van der Waals surface area contributed by atoms with Gasteiger partial charge in [0.25, 0.3) is 16.3 Å². The molecule has 130 valence electrons. The number of hydrogen-bond donors (Lipinski definition) is 3. The number of aliphatic carboxylic acids is 1. The molecule has 4 bridgehead atoms. The van der Waals surface area contributed by atoms with Crippen molar-refractivity contribution in [3.05, 3.63) is 30.7 Å². The van der Waals surface area contributed by atoms with E-state index >= 15 is 0 Å². The summed E-state index contributed by atoms with van der Waals surface area (Å²) in [6, 6.07) is 0. The van der Waals surface area contributed by atoms with Crippen LogP contribution in [-0.4, -0.2) is 21.3 Å². The highest BCUT2D eigenvalue weighted by Gasteiger charge is 2.51. The zero-order chi connectivity index (χ0) is 17.6. The van der Waals surface area contributed by atoms with Crippen molar-refractivity contribution < 1.29 is 20.1 Å². The Labute approximate surface area is 137 Å². The minimum atomic E-state index is -1.39. The Morgan fingerprint density at radius 2 is 1.21 bits per heavy atom. The molecule has 0 spiro atoms. The largest absolute Gasteiger partial charge is 0.501 e. The highest BCUT2D eigenvalue weighted by molar-refractivity contribution is 5.67. The maximum atomic E-state index is 10.9. The standard InChI is InChI=1S/C12H18O2.C5H2O5/c13-11(14)7-12-4-8-1-9(5-12)3-10(2-8)6-12;6-1-2(7)4(9)5(10)3(1)8/h8-10H,1-7H2,(H,13,14);6-7H. The van der Waals surface area contributed by atoms with Crippen molar-refractivity contribution in [2.75, 3.05) is 0 Å². The summed E-state index contributed by atoms with van der Waals surface area (Å²) in [6.45, 7) is 0. The zero-order valence-electron chi connectivity index (χ0n) is 13.2. The van der Waals surface area contributed by atoms with E-state index in [-0.39, 0.29) is 5.41 Å². The topological polar surface area (TPSA) is 129 Å². The summed E-state index contributed by atoms with van der Waals surface area (Å²) in [5, 5.41) is 25.9. The number of carboxylic acids is 1. The molecule has 4 aliphatic carbocycles. The molecule has 7 nitrogen and oxygen atoms in total. The second-order valence-corrected chi connectivity index (χ2v) is 7.67. The van der Waals surface area contributed by atoms with Crippen LogP contribution in [0, 0.1) is 23.2 Å². The van der Waals surface area contributed by atoms with Gasteiger partial charge in [-0.25, -0.2) is 0 Å². The monoisotopic (exact) mass is 336 g/mol. The summed E-state index contributed by atoms with van der Waals surface area (Å²) in [5.41, 5.74) is -3.86. The molecule has 5 rings (SSSR count). The molecule has 4 fully saturated rings. The molecule has 24 heavy (non-hydrogen) atoms. The molecule has 0 aliphatic heterocycles. The Kier molecular flexibility index (Phi) is 3.97. The van der Waals surface area contributed by atoms with E-state index in [0.29, 0.717) is 6.42 Å². The number of aromatic hydroxyl groups is 2. The lowest BCUT2D eigenvalue weighted by molar-refractivity contribution is -0.145. The van der Waals surface area contributed by atoms with Crippen LogP contribution in [0.15, 0.2) is 14.4 Å². The zero-order valence-corrected chi connectivity index (χ0v) is 13.2. The summed E-state index contributed by atoms with van der Waals surface area (Å²) in [7, 11) is 0. The number of hydrogen-bond acceptors (Lipinski definition) is 6. The van der Waals surface area contributed by atoms with Gasteiger partial charge in [-0.15, -0.1) is 0 Å². The third-order valence-corrected chi connectivity index (χ3v) is 5.76. The first-order valence-electron chi connectivity index (χ1n) is 8.18. The van der Waals surface area contributed by atoms with E-state index in [9.17, 15) is 19.2 Å². The molecule has 3 N–H and O–H groups in total. The van der Waals surface area contributed by atoms with Crippen LogP contribution in [0.1, 0.15) is 44.9 Å². The Morgan fingerprint density at radius 1 is 0.833 bits per heavy atom. The molecule has 4 aliphatic rings. The number of rotatable bonds is 2. The summed E-state index contributed by atoms with van der Waals surface area (Å²) in [6.07, 6.45) is 8.29. The fraction of sp³-hybridized carbons (Fsp3) is 0.647. The van der Waals surface area contributed by atoms with Gasteiger partial charge in [0.05, 0.1) is 6.42 Å². The minimum Gasteiger partial charge on any atom is -0.501 e. The first-order valence-corrected chi connectivity index (χ1v) is 8.18. The first-order chi connectivity index (χ1) is 11.2. The number of carbonyl (C=O) groups is 1. The molecule has 0 unspecified atom stereocenters. The Hall–Kier alpha value is -2.18. The highest BCUT2D eigenvalue weighted by atomic mass is 16.4. The second-order valence-electron chi connectivity index (χ2n) is 7.67. The van der Waals surface area contributed by atoms with Crippen LogP contribution < -0.4 is 16.3 Å². The van der Waals surface area contributed by atoms with Gasteiger partial charge in [-0.2, -0.15) is 0 Å². The SMILES string of the molecule is O=C(O)CC12CC3CC(CC(C3)C1)C2.O=c1c(O)c(O)c(=O)c1=O. The van der Waals surface area contributed by atoms with Crippen molar-refractivity contribution in [2.24, 2.45) is 23.2 Å². The Balaban J connectivity index is 0.000000150. The van der Waals surface area contributed by atoms with Crippen LogP contribution >= 0.6 is 0 Å². The molecule has 0 atom stereocenters. The number of carboxylic acid groups (broad SMARTS) is 1. The van der Waals surface area contributed by atoms with Gasteiger partial charge in [-0.1, -0.05) is 0 Å². The molecule has 4 saturated carbocycles. The van der Waals surface area contributed by atoms with Gasteiger partial charge in [-0.05, 0) is 61.7 Å². The molecule has 7 heteroatoms. The van der Waals surface area contributed by atoms with Gasteiger partial charge < -0.3 is 15.3 Å². The normalized spacial score (nSPS) is 33.1. The van der Waals surface area contributed by atoms with Crippen molar-refractivity contribution in [3.63, 3.8) is 0 Å². The first kappa shape index (κ1) is 16.7. The molecule has 1 aromatic rings. The van der Waals surface area contributed by atoms with Gasteiger partial charge in [0.15, 0.2) is 0 Å². The summed E-state index contributed by atoms with van der Waals surface area (Å²) < 4.78 is 0. The van der Waals surface area contributed by atoms with Gasteiger partial charge in [0, 0.05) is 0 Å². The van der Waals surface area contributed by atoms with Gasteiger partial charge in [-0.3, -0.25) is 19.2 Å². The maximum absolute atomic E-state index is 10.9. The molecule has 0 saturated heterocycles. The summed E-state index contributed by atoms with van der Waals surface area (Å²) in [5.74, 6) is -0.265. The van der Waals surface area contributed by atoms with Crippen LogP contribution in [0.3, 0.4) is 0 Å². The van der Waals surface area contributed by atoms with Crippen LogP contribution in [0.4, 0.5) is 0 Å². The average Bonchev–Trinajstić information content (AvgIpc) is 2.63. The lowest BCUT2D eigenvalue weighted by atomic mass is 9.49. The predicted octanol–water partition coefficient (Wildman–Crippen LogP) is 0.732. The lowest BCUT2D eigenvalue weighted by Crippen LogP contribution is -2.46. The van der Waals surface area contributed by atoms with Crippen LogP contribution in [-0.2, 0) is 4.79 Å². The predicted molar refractivity (Wildman–Crippen MR) is 83.8 cm³/mol. The van der Waals surface area contributed by atoms with Crippen molar-refractivity contribution in [1.82, 2.24) is 0 Å². The lowest BCUT2D eigenvalue weighted by Gasteiger charge is -2.56. The molecule has 0 aromatic heterocycles. The fourth-order valence-electron chi connectivity index (χ4n) is 5.36. The van der Waals surface area contributed by atoms with E-state index in [1.165, 1.54) is 38.5 Å². The van der Waals surface area contributed by atoms with Gasteiger partial charge in [0.2, 0.25) is 11.5 Å². The molecule has 1 aromatic carbocycles. The quantitative estimate of drug-likeness (QED) is 0.679. The van der Waals surface area contributed by atoms with Gasteiger partial charge in [0.1, 0.15) is 0 Å². The summed E-state index contributed by atoms with van der Waals surface area (Å²) >= 11 is 0. The third-order valence-electron chi connectivity index (χ3n) is 5.76. The Bertz CT molecular complexity index is 728. The van der Waals surface area contributed by atoms with E-state index in [4.69, 9.17) is 15.3 Å². The van der Waals surface area contributed by atoms with Crippen LogP contribution in [0.5, 0.6) is 11.5 Å². The average molecular weight is 336 g/mol. The molecule has 0 amide bonds. The van der Waals surface area contributed by atoms with Crippen LogP contribution in [0.2, 0.25) is 0 Å². The second kappa shape index (κ2) is 5.72. The minimum absolute atomic E-state index is 0.223. The van der Waals surface area contributed by atoms with E-state index < -0.39 is 33.8 Å². The van der Waals surface area contributed by atoms with Crippen molar-refractivity contribution in [1.29, 1.82) is 0 Å². The maximum Gasteiger partial charge on any atom is 0.303 e. The Morgan fingerprint density at radius 3 is 1.46 bits per heavy atom. The van der Waals surface area contributed by atoms with E-state index in [2.05, 4.69) is 0 Å². The highest BCUT2D eigenvalue weighted by Crippen LogP contribution is 2.61.